The first-order valence-electron chi connectivity index (χ1n) is 9.57. The van der Waals surface area contributed by atoms with E-state index in [1.54, 1.807) is 0 Å². The largest absolute Gasteiger partial charge is 0.387 e. The maximum absolute atomic E-state index is 10.4. The summed E-state index contributed by atoms with van der Waals surface area (Å²) in [5.41, 5.74) is 4.87. The number of aryl methyl sites for hydroxylation is 1. The SMILES string of the molecule is CCc1cccc(-c2ccc(PCN[C@@H](C)[C@H](O)c3ccccc3)cc2)c1. The van der Waals surface area contributed by atoms with Crippen LogP contribution in [0.2, 0.25) is 0 Å². The van der Waals surface area contributed by atoms with Gasteiger partial charge in [0.25, 0.3) is 0 Å². The lowest BCUT2D eigenvalue weighted by atomic mass is 10.0. The second kappa shape index (κ2) is 9.80. The van der Waals surface area contributed by atoms with Crippen molar-refractivity contribution in [2.45, 2.75) is 32.4 Å². The molecule has 27 heavy (non-hydrogen) atoms. The summed E-state index contributed by atoms with van der Waals surface area (Å²) in [6, 6.07) is 27.5. The molecule has 2 nitrogen and oxygen atoms in total. The van der Waals surface area contributed by atoms with Gasteiger partial charge in [-0.3, -0.25) is 0 Å². The van der Waals surface area contributed by atoms with E-state index in [1.807, 2.05) is 37.3 Å². The molecule has 0 fully saturated rings. The van der Waals surface area contributed by atoms with E-state index in [0.717, 1.165) is 18.3 Å². The van der Waals surface area contributed by atoms with Gasteiger partial charge in [-0.1, -0.05) is 94.4 Å². The van der Waals surface area contributed by atoms with Gasteiger partial charge in [-0.2, -0.15) is 0 Å². The summed E-state index contributed by atoms with van der Waals surface area (Å²) in [4.78, 5) is 0. The molecule has 3 atom stereocenters. The van der Waals surface area contributed by atoms with Gasteiger partial charge in [-0.25, -0.2) is 0 Å². The van der Waals surface area contributed by atoms with Crippen molar-refractivity contribution in [2.24, 2.45) is 0 Å². The van der Waals surface area contributed by atoms with Crippen molar-refractivity contribution >= 4 is 13.9 Å². The Morgan fingerprint density at radius 2 is 1.63 bits per heavy atom. The molecule has 0 amide bonds. The van der Waals surface area contributed by atoms with Crippen LogP contribution in [0.5, 0.6) is 0 Å². The van der Waals surface area contributed by atoms with Crippen molar-refractivity contribution in [2.75, 3.05) is 6.29 Å². The number of hydrogen-bond acceptors (Lipinski definition) is 2. The average Bonchev–Trinajstić information content (AvgIpc) is 2.74. The predicted molar refractivity (Wildman–Crippen MR) is 118 cm³/mol. The van der Waals surface area contributed by atoms with Crippen molar-refractivity contribution in [1.29, 1.82) is 0 Å². The van der Waals surface area contributed by atoms with E-state index in [1.165, 1.54) is 22.0 Å². The highest BCUT2D eigenvalue weighted by Gasteiger charge is 2.15. The van der Waals surface area contributed by atoms with Gasteiger partial charge in [0.1, 0.15) is 0 Å². The Hall–Kier alpha value is -1.99. The number of benzene rings is 3. The zero-order valence-electron chi connectivity index (χ0n) is 16.0. The third kappa shape index (κ3) is 5.49. The molecule has 3 aromatic carbocycles. The molecule has 2 N–H and O–H groups in total. The molecular weight excluding hydrogens is 349 g/mol. The fraction of sp³-hybridized carbons (Fsp3) is 0.250. The van der Waals surface area contributed by atoms with E-state index >= 15 is 0 Å². The average molecular weight is 377 g/mol. The van der Waals surface area contributed by atoms with Crippen LogP contribution in [0.15, 0.2) is 78.9 Å². The number of hydrogen-bond donors (Lipinski definition) is 2. The van der Waals surface area contributed by atoms with Gasteiger partial charge in [0, 0.05) is 12.3 Å². The van der Waals surface area contributed by atoms with Gasteiger partial charge < -0.3 is 10.4 Å². The molecule has 0 aromatic heterocycles. The summed E-state index contributed by atoms with van der Waals surface area (Å²) < 4.78 is 0. The fourth-order valence-corrected chi connectivity index (χ4v) is 4.15. The van der Waals surface area contributed by atoms with E-state index in [9.17, 15) is 5.11 Å². The quantitative estimate of drug-likeness (QED) is 0.548. The topological polar surface area (TPSA) is 32.3 Å². The lowest BCUT2D eigenvalue weighted by Gasteiger charge is -2.20. The molecule has 0 saturated heterocycles. The summed E-state index contributed by atoms with van der Waals surface area (Å²) in [6.07, 6.45) is 1.45. The van der Waals surface area contributed by atoms with Crippen molar-refractivity contribution in [3.63, 3.8) is 0 Å². The predicted octanol–water partition coefficient (Wildman–Crippen LogP) is 4.89. The molecule has 0 saturated carbocycles. The lowest BCUT2D eigenvalue weighted by Crippen LogP contribution is -2.32. The normalized spacial score (nSPS) is 13.7. The zero-order chi connectivity index (χ0) is 19.1. The molecule has 0 aliphatic heterocycles. The van der Waals surface area contributed by atoms with E-state index in [-0.39, 0.29) is 6.04 Å². The minimum absolute atomic E-state index is 0.0240. The minimum atomic E-state index is -0.482. The van der Waals surface area contributed by atoms with Crippen LogP contribution in [0.25, 0.3) is 11.1 Å². The molecule has 0 heterocycles. The monoisotopic (exact) mass is 377 g/mol. The first-order chi connectivity index (χ1) is 13.2. The van der Waals surface area contributed by atoms with Crippen LogP contribution in [0.3, 0.4) is 0 Å². The molecule has 0 aliphatic rings. The van der Waals surface area contributed by atoms with Crippen LogP contribution in [0.1, 0.15) is 31.1 Å². The molecule has 0 aliphatic carbocycles. The molecule has 3 aromatic rings. The van der Waals surface area contributed by atoms with Crippen LogP contribution in [-0.2, 0) is 6.42 Å². The maximum atomic E-state index is 10.4. The second-order valence-electron chi connectivity index (χ2n) is 6.83. The minimum Gasteiger partial charge on any atom is -0.387 e. The Balaban J connectivity index is 1.53. The fourth-order valence-electron chi connectivity index (χ4n) is 3.12. The highest BCUT2D eigenvalue weighted by atomic mass is 31.1. The molecule has 0 bridgehead atoms. The molecule has 3 rings (SSSR count). The van der Waals surface area contributed by atoms with Gasteiger partial charge in [0.2, 0.25) is 0 Å². The summed E-state index contributed by atoms with van der Waals surface area (Å²) in [5.74, 6) is 0. The third-order valence-corrected chi connectivity index (χ3v) is 6.01. The van der Waals surface area contributed by atoms with Gasteiger partial charge >= 0.3 is 0 Å². The molecule has 3 heteroatoms. The summed E-state index contributed by atoms with van der Waals surface area (Å²) in [7, 11) is 0.677. The molecule has 1 unspecified atom stereocenters. The number of rotatable bonds is 8. The molecule has 0 radical (unpaired) electrons. The highest BCUT2D eigenvalue weighted by molar-refractivity contribution is 7.47. The third-order valence-electron chi connectivity index (χ3n) is 4.88. The lowest BCUT2D eigenvalue weighted by molar-refractivity contribution is 0.139. The Kier molecular flexibility index (Phi) is 7.18. The molecule has 0 spiro atoms. The van der Waals surface area contributed by atoms with Crippen LogP contribution in [-0.4, -0.2) is 17.4 Å². The van der Waals surface area contributed by atoms with Gasteiger partial charge in [-0.05, 0) is 40.9 Å². The second-order valence-corrected chi connectivity index (χ2v) is 8.12. The van der Waals surface area contributed by atoms with Crippen LogP contribution >= 0.6 is 8.58 Å². The summed E-state index contributed by atoms with van der Waals surface area (Å²) in [6.45, 7) is 4.22. The Bertz CT molecular complexity index is 833. The smallest absolute Gasteiger partial charge is 0.0940 e. The summed E-state index contributed by atoms with van der Waals surface area (Å²) >= 11 is 0. The van der Waals surface area contributed by atoms with Crippen molar-refractivity contribution in [3.05, 3.63) is 90.0 Å². The maximum Gasteiger partial charge on any atom is 0.0940 e. The Morgan fingerprint density at radius 1 is 0.889 bits per heavy atom. The van der Waals surface area contributed by atoms with Gasteiger partial charge in [-0.15, -0.1) is 0 Å². The van der Waals surface area contributed by atoms with Gasteiger partial charge in [0.15, 0.2) is 0 Å². The Labute approximate surface area is 164 Å². The van der Waals surface area contributed by atoms with Crippen molar-refractivity contribution in [3.8, 4) is 11.1 Å². The van der Waals surface area contributed by atoms with E-state index in [4.69, 9.17) is 0 Å². The van der Waals surface area contributed by atoms with Crippen LogP contribution < -0.4 is 10.6 Å². The number of aliphatic hydroxyl groups is 1. The standard InChI is InChI=1S/C24H28NOP/c1-3-19-8-7-11-22(16-19)20-12-14-23(15-13-20)27-17-25-18(2)24(26)21-9-5-4-6-10-21/h4-16,18,24-27H,3,17H2,1-2H3/t18-,24-/m0/s1. The Morgan fingerprint density at radius 3 is 2.33 bits per heavy atom. The highest BCUT2D eigenvalue weighted by Crippen LogP contribution is 2.22. The zero-order valence-corrected chi connectivity index (χ0v) is 17.0. The molecular formula is C24H28NOP. The van der Waals surface area contributed by atoms with Crippen molar-refractivity contribution in [1.82, 2.24) is 5.32 Å². The van der Waals surface area contributed by atoms with E-state index in [0.29, 0.717) is 8.58 Å². The number of aliphatic hydroxyl groups excluding tert-OH is 1. The summed E-state index contributed by atoms with van der Waals surface area (Å²) in [5, 5.41) is 15.2. The van der Waals surface area contributed by atoms with Gasteiger partial charge in [0.05, 0.1) is 6.10 Å². The van der Waals surface area contributed by atoms with Crippen molar-refractivity contribution < 1.29 is 5.11 Å². The van der Waals surface area contributed by atoms with Crippen LogP contribution in [0, 0.1) is 0 Å². The van der Waals surface area contributed by atoms with E-state index < -0.39 is 6.10 Å². The first kappa shape index (κ1) is 19.8. The molecule has 140 valence electrons. The first-order valence-corrected chi connectivity index (χ1v) is 10.8. The van der Waals surface area contributed by atoms with Crippen LogP contribution in [0.4, 0.5) is 0 Å². The number of nitrogens with one attached hydrogen (secondary N) is 1. The van der Waals surface area contributed by atoms with E-state index in [2.05, 4.69) is 60.8 Å².